The first-order valence-corrected chi connectivity index (χ1v) is 9.28. The average molecular weight is 309 g/mol. The van der Waals surface area contributed by atoms with Gasteiger partial charge in [-0.05, 0) is 30.9 Å². The van der Waals surface area contributed by atoms with Gasteiger partial charge in [0, 0.05) is 19.6 Å². The summed E-state index contributed by atoms with van der Waals surface area (Å²) in [4.78, 5) is 0.436. The fourth-order valence-electron chi connectivity index (χ4n) is 3.37. The Kier molecular flexibility index (Phi) is 4.05. The number of rotatable bonds is 3. The monoisotopic (exact) mass is 309 g/mol. The molecule has 0 saturated carbocycles. The van der Waals surface area contributed by atoms with Crippen molar-refractivity contribution in [2.24, 2.45) is 5.73 Å². The van der Waals surface area contributed by atoms with Crippen LogP contribution in [0.5, 0.6) is 0 Å². The van der Waals surface area contributed by atoms with Crippen LogP contribution in [0.1, 0.15) is 31.2 Å². The van der Waals surface area contributed by atoms with Gasteiger partial charge >= 0.3 is 0 Å². The first-order chi connectivity index (χ1) is 10.1. The third kappa shape index (κ3) is 2.73. The van der Waals surface area contributed by atoms with Crippen LogP contribution in [-0.4, -0.2) is 38.8 Å². The van der Waals surface area contributed by atoms with Gasteiger partial charge in [0.25, 0.3) is 0 Å². The molecule has 2 heterocycles. The second-order valence-corrected chi connectivity index (χ2v) is 8.09. The highest BCUT2D eigenvalue weighted by Crippen LogP contribution is 2.36. The number of hydrogen-bond donors (Lipinski definition) is 2. The molecule has 1 aromatic carbocycles. The lowest BCUT2D eigenvalue weighted by Crippen LogP contribution is -2.59. The number of hydrazine groups is 1. The molecule has 0 spiro atoms. The summed E-state index contributed by atoms with van der Waals surface area (Å²) in [6.45, 7) is 2.39. The number of benzene rings is 1. The van der Waals surface area contributed by atoms with Gasteiger partial charge in [-0.25, -0.2) is 18.9 Å². The second kappa shape index (κ2) is 5.68. The van der Waals surface area contributed by atoms with Gasteiger partial charge in [-0.15, -0.1) is 0 Å². The largest absolute Gasteiger partial charge is 0.328 e. The number of nitrogens with zero attached hydrogens (tertiary/aromatic N) is 1. The molecule has 6 heteroatoms. The fourth-order valence-corrected chi connectivity index (χ4v) is 5.09. The molecule has 1 atom stereocenters. The molecule has 116 valence electrons. The van der Waals surface area contributed by atoms with Crippen molar-refractivity contribution in [1.82, 2.24) is 10.4 Å². The van der Waals surface area contributed by atoms with Gasteiger partial charge in [0.15, 0.2) is 9.84 Å². The lowest BCUT2D eigenvalue weighted by Gasteiger charge is -2.43. The lowest BCUT2D eigenvalue weighted by molar-refractivity contribution is 0.0769. The van der Waals surface area contributed by atoms with E-state index in [0.717, 1.165) is 18.7 Å². The van der Waals surface area contributed by atoms with Gasteiger partial charge in [0.1, 0.15) is 0 Å². The zero-order valence-electron chi connectivity index (χ0n) is 12.2. The summed E-state index contributed by atoms with van der Waals surface area (Å²) in [6, 6.07) is 7.27. The first kappa shape index (κ1) is 15.0. The Morgan fingerprint density at radius 1 is 1.19 bits per heavy atom. The van der Waals surface area contributed by atoms with Gasteiger partial charge < -0.3 is 5.73 Å². The van der Waals surface area contributed by atoms with Crippen LogP contribution in [0.25, 0.3) is 0 Å². The van der Waals surface area contributed by atoms with Crippen LogP contribution in [0, 0.1) is 0 Å². The van der Waals surface area contributed by atoms with Crippen LogP contribution in [0.15, 0.2) is 29.2 Å². The maximum atomic E-state index is 12.3. The van der Waals surface area contributed by atoms with Crippen molar-refractivity contribution in [3.63, 3.8) is 0 Å². The van der Waals surface area contributed by atoms with Crippen molar-refractivity contribution in [3.05, 3.63) is 29.8 Å². The molecule has 3 rings (SSSR count). The summed E-state index contributed by atoms with van der Waals surface area (Å²) in [5, 5.41) is 2.21. The molecule has 1 unspecified atom stereocenters. The van der Waals surface area contributed by atoms with Gasteiger partial charge in [-0.3, -0.25) is 0 Å². The highest BCUT2D eigenvalue weighted by atomic mass is 32.2. The fraction of sp³-hybridized carbons (Fsp3) is 0.600. The first-order valence-electron chi connectivity index (χ1n) is 7.62. The molecule has 21 heavy (non-hydrogen) atoms. The standard InChI is InChI=1S/C15H23N3O2S/c16-12-15(17-18-9-4-1-5-10-18)8-11-21(19,20)14-7-3-2-6-13(14)15/h2-3,6-7,17H,1,4-5,8-12,16H2. The third-order valence-electron chi connectivity index (χ3n) is 4.61. The number of nitrogens with two attached hydrogens (primary N) is 1. The molecular weight excluding hydrogens is 286 g/mol. The Labute approximate surface area is 126 Å². The molecule has 2 aliphatic rings. The quantitative estimate of drug-likeness (QED) is 0.871. The zero-order valence-corrected chi connectivity index (χ0v) is 13.0. The summed E-state index contributed by atoms with van der Waals surface area (Å²) >= 11 is 0. The van der Waals surface area contributed by atoms with Gasteiger partial charge in [0.05, 0.1) is 16.2 Å². The Bertz CT molecular complexity index is 611. The van der Waals surface area contributed by atoms with E-state index in [1.165, 1.54) is 19.3 Å². The van der Waals surface area contributed by atoms with Crippen molar-refractivity contribution in [1.29, 1.82) is 0 Å². The van der Waals surface area contributed by atoms with E-state index in [4.69, 9.17) is 5.73 Å². The number of sulfone groups is 1. The lowest BCUT2D eigenvalue weighted by atomic mass is 9.87. The van der Waals surface area contributed by atoms with E-state index < -0.39 is 15.4 Å². The number of nitrogens with one attached hydrogen (secondary N) is 1. The van der Waals surface area contributed by atoms with Crippen molar-refractivity contribution < 1.29 is 8.42 Å². The molecular formula is C15H23N3O2S. The van der Waals surface area contributed by atoms with Gasteiger partial charge in [-0.1, -0.05) is 24.6 Å². The van der Waals surface area contributed by atoms with E-state index in [9.17, 15) is 8.42 Å². The molecule has 2 aliphatic heterocycles. The predicted octanol–water partition coefficient (Wildman–Crippen LogP) is 1.01. The summed E-state index contributed by atoms with van der Waals surface area (Å²) < 4.78 is 24.6. The molecule has 0 radical (unpaired) electrons. The van der Waals surface area contributed by atoms with Crippen LogP contribution in [0.2, 0.25) is 0 Å². The molecule has 1 saturated heterocycles. The predicted molar refractivity (Wildman–Crippen MR) is 82.4 cm³/mol. The molecule has 0 bridgehead atoms. The highest BCUT2D eigenvalue weighted by Gasteiger charge is 2.42. The van der Waals surface area contributed by atoms with Crippen molar-refractivity contribution in [3.8, 4) is 0 Å². The minimum absolute atomic E-state index is 0.155. The van der Waals surface area contributed by atoms with E-state index in [2.05, 4.69) is 10.4 Å². The third-order valence-corrected chi connectivity index (χ3v) is 6.38. The van der Waals surface area contributed by atoms with Crippen molar-refractivity contribution >= 4 is 9.84 Å². The molecule has 5 nitrogen and oxygen atoms in total. The second-order valence-electron chi connectivity index (χ2n) is 6.01. The van der Waals surface area contributed by atoms with E-state index >= 15 is 0 Å². The van der Waals surface area contributed by atoms with Crippen LogP contribution >= 0.6 is 0 Å². The molecule has 0 amide bonds. The van der Waals surface area contributed by atoms with Crippen LogP contribution in [-0.2, 0) is 15.4 Å². The molecule has 3 N–H and O–H groups in total. The Morgan fingerprint density at radius 2 is 1.90 bits per heavy atom. The Balaban J connectivity index is 1.98. The van der Waals surface area contributed by atoms with E-state index in [1.807, 2.05) is 12.1 Å². The van der Waals surface area contributed by atoms with E-state index in [-0.39, 0.29) is 5.75 Å². The summed E-state index contributed by atoms with van der Waals surface area (Å²) in [7, 11) is -3.18. The minimum Gasteiger partial charge on any atom is -0.328 e. The number of fused-ring (bicyclic) bond motifs is 1. The van der Waals surface area contributed by atoms with Crippen molar-refractivity contribution in [2.45, 2.75) is 36.1 Å². The SMILES string of the molecule is NCC1(NN2CCCCC2)CCS(=O)(=O)c2ccccc21. The molecule has 1 aromatic rings. The summed E-state index contributed by atoms with van der Waals surface area (Å²) in [5.74, 6) is 0.155. The number of hydrogen-bond acceptors (Lipinski definition) is 5. The topological polar surface area (TPSA) is 75.4 Å². The smallest absolute Gasteiger partial charge is 0.178 e. The minimum atomic E-state index is -3.18. The summed E-state index contributed by atoms with van der Waals surface area (Å²) in [6.07, 6.45) is 4.14. The normalized spacial score (nSPS) is 29.0. The van der Waals surface area contributed by atoms with Crippen LogP contribution < -0.4 is 11.2 Å². The van der Waals surface area contributed by atoms with E-state index in [1.54, 1.807) is 12.1 Å². The molecule has 0 aliphatic carbocycles. The summed E-state index contributed by atoms with van der Waals surface area (Å²) in [5.41, 5.74) is 10.00. The van der Waals surface area contributed by atoms with Crippen molar-refractivity contribution in [2.75, 3.05) is 25.4 Å². The maximum Gasteiger partial charge on any atom is 0.178 e. The maximum absolute atomic E-state index is 12.3. The van der Waals surface area contributed by atoms with Crippen LogP contribution in [0.3, 0.4) is 0 Å². The van der Waals surface area contributed by atoms with Gasteiger partial charge in [-0.2, -0.15) is 0 Å². The zero-order chi connectivity index (χ0) is 14.9. The average Bonchev–Trinajstić information content (AvgIpc) is 2.52. The van der Waals surface area contributed by atoms with E-state index in [0.29, 0.717) is 17.9 Å². The Morgan fingerprint density at radius 3 is 2.62 bits per heavy atom. The number of piperidine rings is 1. The van der Waals surface area contributed by atoms with Gasteiger partial charge in [0.2, 0.25) is 0 Å². The Hall–Kier alpha value is -0.950. The molecule has 0 aromatic heterocycles. The molecule has 1 fully saturated rings. The highest BCUT2D eigenvalue weighted by molar-refractivity contribution is 7.91. The van der Waals surface area contributed by atoms with Crippen LogP contribution in [0.4, 0.5) is 0 Å².